The molecule has 0 atom stereocenters. The highest BCUT2D eigenvalue weighted by Crippen LogP contribution is 2.18. The van der Waals surface area contributed by atoms with Gasteiger partial charge in [0.2, 0.25) is 0 Å². The van der Waals surface area contributed by atoms with Crippen LogP contribution in [0, 0.1) is 0 Å². The molecule has 2 rings (SSSR count). The molecule has 102 valence electrons. The van der Waals surface area contributed by atoms with Crippen LogP contribution in [-0.2, 0) is 16.4 Å². The van der Waals surface area contributed by atoms with Gasteiger partial charge in [-0.05, 0) is 24.6 Å². The third-order valence-corrected chi connectivity index (χ3v) is 4.08. The van der Waals surface area contributed by atoms with Crippen molar-refractivity contribution in [3.8, 4) is 0 Å². The smallest absolute Gasteiger partial charge is 0.263 e. The molecule has 7 heteroatoms. The van der Waals surface area contributed by atoms with Crippen LogP contribution >= 0.6 is 11.6 Å². The summed E-state index contributed by atoms with van der Waals surface area (Å²) in [6, 6.07) is 7.77. The first-order valence-electron chi connectivity index (χ1n) is 5.84. The Labute approximate surface area is 117 Å². The number of aromatic nitrogens is 2. The van der Waals surface area contributed by atoms with Gasteiger partial charge in [-0.2, -0.15) is 5.10 Å². The van der Waals surface area contributed by atoms with E-state index in [2.05, 4.69) is 14.9 Å². The summed E-state index contributed by atoms with van der Waals surface area (Å²) in [4.78, 5) is 0.111. The molecule has 19 heavy (non-hydrogen) atoms. The highest BCUT2D eigenvalue weighted by molar-refractivity contribution is 7.92. The Hall–Kier alpha value is -1.53. The lowest BCUT2D eigenvalue weighted by Gasteiger charge is -2.05. The number of H-pyrrole nitrogens is 1. The Morgan fingerprint density at radius 3 is 2.84 bits per heavy atom. The van der Waals surface area contributed by atoms with Gasteiger partial charge in [0, 0.05) is 16.8 Å². The zero-order valence-corrected chi connectivity index (χ0v) is 11.9. The largest absolute Gasteiger partial charge is 0.280 e. The minimum absolute atomic E-state index is 0.111. The maximum atomic E-state index is 12.1. The van der Waals surface area contributed by atoms with Crippen LogP contribution in [0.4, 0.5) is 5.82 Å². The molecule has 5 nitrogen and oxygen atoms in total. The van der Waals surface area contributed by atoms with Crippen molar-refractivity contribution < 1.29 is 8.42 Å². The lowest BCUT2D eigenvalue weighted by atomic mass is 10.2. The van der Waals surface area contributed by atoms with E-state index in [1.165, 1.54) is 12.1 Å². The molecule has 0 aliphatic heterocycles. The van der Waals surface area contributed by atoms with E-state index < -0.39 is 10.0 Å². The Morgan fingerprint density at radius 2 is 2.16 bits per heavy atom. The van der Waals surface area contributed by atoms with E-state index in [-0.39, 0.29) is 10.7 Å². The maximum Gasteiger partial charge on any atom is 0.263 e. The maximum absolute atomic E-state index is 12.1. The van der Waals surface area contributed by atoms with E-state index in [9.17, 15) is 8.42 Å². The second-order valence-electron chi connectivity index (χ2n) is 4.09. The predicted molar refractivity (Wildman–Crippen MR) is 74.8 cm³/mol. The standard InChI is InChI=1S/C12H14ClN3O2S/c1-2-4-10-8-12(15-14-10)16-19(17,18)11-6-3-5-9(13)7-11/h3,5-8H,2,4H2,1H3,(H2,14,15,16). The topological polar surface area (TPSA) is 74.8 Å². The molecule has 0 spiro atoms. The van der Waals surface area contributed by atoms with Crippen molar-refractivity contribution in [2.75, 3.05) is 4.72 Å². The number of benzene rings is 1. The molecule has 0 fully saturated rings. The third kappa shape index (κ3) is 3.48. The van der Waals surface area contributed by atoms with Gasteiger partial charge in [-0.25, -0.2) is 8.42 Å². The number of halogens is 1. The monoisotopic (exact) mass is 299 g/mol. The van der Waals surface area contributed by atoms with Gasteiger partial charge in [0.15, 0.2) is 5.82 Å². The van der Waals surface area contributed by atoms with E-state index in [4.69, 9.17) is 11.6 Å². The number of nitrogens with one attached hydrogen (secondary N) is 2. The van der Waals surface area contributed by atoms with Crippen LogP contribution in [0.25, 0.3) is 0 Å². The molecule has 1 heterocycles. The van der Waals surface area contributed by atoms with Crippen LogP contribution in [0.3, 0.4) is 0 Å². The fraction of sp³-hybridized carbons (Fsp3) is 0.250. The van der Waals surface area contributed by atoms with Crippen LogP contribution < -0.4 is 4.72 Å². The van der Waals surface area contributed by atoms with Gasteiger partial charge in [0.05, 0.1) is 4.90 Å². The van der Waals surface area contributed by atoms with Crippen molar-refractivity contribution in [2.45, 2.75) is 24.7 Å². The van der Waals surface area contributed by atoms with E-state index >= 15 is 0 Å². The van der Waals surface area contributed by atoms with Gasteiger partial charge in [-0.1, -0.05) is 31.0 Å². The number of aryl methyl sites for hydroxylation is 1. The van der Waals surface area contributed by atoms with Crippen LogP contribution in [-0.4, -0.2) is 18.6 Å². The molecule has 0 saturated carbocycles. The Bertz CT molecular complexity index is 667. The molecule has 0 bridgehead atoms. The normalized spacial score (nSPS) is 11.5. The Balaban J connectivity index is 2.21. The SMILES string of the molecule is CCCc1cc(NS(=O)(=O)c2cccc(Cl)c2)n[nH]1. The molecule has 0 aliphatic carbocycles. The molecule has 1 aromatic heterocycles. The highest BCUT2D eigenvalue weighted by Gasteiger charge is 2.15. The summed E-state index contributed by atoms with van der Waals surface area (Å²) in [7, 11) is -3.65. The first-order valence-corrected chi connectivity index (χ1v) is 7.70. The summed E-state index contributed by atoms with van der Waals surface area (Å²) < 4.78 is 26.6. The molecule has 0 unspecified atom stereocenters. The predicted octanol–water partition coefficient (Wildman–Crippen LogP) is 2.82. The van der Waals surface area contributed by atoms with E-state index in [1.807, 2.05) is 6.92 Å². The molecule has 0 aliphatic rings. The number of hydrogen-bond acceptors (Lipinski definition) is 3. The summed E-state index contributed by atoms with van der Waals surface area (Å²) in [5.41, 5.74) is 0.895. The van der Waals surface area contributed by atoms with Gasteiger partial charge >= 0.3 is 0 Å². The average molecular weight is 300 g/mol. The van der Waals surface area contributed by atoms with Crippen molar-refractivity contribution >= 4 is 27.4 Å². The number of rotatable bonds is 5. The van der Waals surface area contributed by atoms with Gasteiger partial charge in [-0.3, -0.25) is 9.82 Å². The second kappa shape index (κ2) is 5.63. The fourth-order valence-electron chi connectivity index (χ4n) is 1.64. The van der Waals surface area contributed by atoms with Crippen molar-refractivity contribution in [1.29, 1.82) is 0 Å². The minimum atomic E-state index is -3.65. The fourth-order valence-corrected chi connectivity index (χ4v) is 2.93. The third-order valence-electron chi connectivity index (χ3n) is 2.50. The van der Waals surface area contributed by atoms with Crippen molar-refractivity contribution in [1.82, 2.24) is 10.2 Å². The molecule has 0 saturated heterocycles. The molecule has 0 amide bonds. The molecule has 2 aromatic rings. The number of hydrogen-bond donors (Lipinski definition) is 2. The number of anilines is 1. The number of aromatic amines is 1. The lowest BCUT2D eigenvalue weighted by molar-refractivity contribution is 0.601. The van der Waals surface area contributed by atoms with Gasteiger partial charge < -0.3 is 0 Å². The van der Waals surface area contributed by atoms with E-state index in [0.717, 1.165) is 18.5 Å². The summed E-state index contributed by atoms with van der Waals surface area (Å²) in [5.74, 6) is 0.281. The summed E-state index contributed by atoms with van der Waals surface area (Å²) in [6.07, 6.45) is 1.79. The van der Waals surface area contributed by atoms with Crippen LogP contribution in [0.5, 0.6) is 0 Å². The highest BCUT2D eigenvalue weighted by atomic mass is 35.5. The summed E-state index contributed by atoms with van der Waals surface area (Å²) in [6.45, 7) is 2.04. The Morgan fingerprint density at radius 1 is 1.37 bits per heavy atom. The van der Waals surface area contributed by atoms with Gasteiger partial charge in [0.25, 0.3) is 10.0 Å². The molecule has 1 aromatic carbocycles. The van der Waals surface area contributed by atoms with Crippen molar-refractivity contribution in [3.05, 3.63) is 41.0 Å². The number of nitrogens with zero attached hydrogens (tertiary/aromatic N) is 1. The van der Waals surface area contributed by atoms with E-state index in [0.29, 0.717) is 5.02 Å². The molecular formula is C12H14ClN3O2S. The summed E-state index contributed by atoms with van der Waals surface area (Å²) >= 11 is 5.79. The molecule has 2 N–H and O–H groups in total. The number of sulfonamides is 1. The lowest BCUT2D eigenvalue weighted by Crippen LogP contribution is -2.13. The van der Waals surface area contributed by atoms with Crippen molar-refractivity contribution in [3.63, 3.8) is 0 Å². The molecule has 0 radical (unpaired) electrons. The zero-order valence-electron chi connectivity index (χ0n) is 10.4. The average Bonchev–Trinajstić information content (AvgIpc) is 2.76. The summed E-state index contributed by atoms with van der Waals surface area (Å²) in [5, 5.41) is 7.08. The van der Waals surface area contributed by atoms with Crippen molar-refractivity contribution in [2.24, 2.45) is 0 Å². The Kier molecular flexibility index (Phi) is 4.11. The minimum Gasteiger partial charge on any atom is -0.280 e. The van der Waals surface area contributed by atoms with Crippen LogP contribution in [0.1, 0.15) is 19.0 Å². The second-order valence-corrected chi connectivity index (χ2v) is 6.21. The van der Waals surface area contributed by atoms with Gasteiger partial charge in [0.1, 0.15) is 0 Å². The quantitative estimate of drug-likeness (QED) is 0.891. The first kappa shape index (κ1) is 13.9. The van der Waals surface area contributed by atoms with Gasteiger partial charge in [-0.15, -0.1) is 0 Å². The van der Waals surface area contributed by atoms with Crippen LogP contribution in [0.15, 0.2) is 35.2 Å². The van der Waals surface area contributed by atoms with Crippen LogP contribution in [0.2, 0.25) is 5.02 Å². The molecular weight excluding hydrogens is 286 g/mol. The first-order chi connectivity index (χ1) is 9.01. The van der Waals surface area contributed by atoms with E-state index in [1.54, 1.807) is 18.2 Å². The zero-order chi connectivity index (χ0) is 13.9.